The minimum absolute atomic E-state index is 0.598. The maximum absolute atomic E-state index is 5.07. The van der Waals surface area contributed by atoms with E-state index >= 15 is 0 Å². The van der Waals surface area contributed by atoms with Crippen molar-refractivity contribution >= 4 is 5.96 Å². The molecular weight excluding hydrogens is 280 g/mol. The summed E-state index contributed by atoms with van der Waals surface area (Å²) in [5.74, 6) is 2.06. The summed E-state index contributed by atoms with van der Waals surface area (Å²) in [4.78, 5) is 13.0. The van der Waals surface area contributed by atoms with E-state index in [2.05, 4.69) is 30.8 Å². The lowest BCUT2D eigenvalue weighted by atomic mass is 10.3. The molecule has 2 aromatic rings. The first-order chi connectivity index (χ1) is 10.8. The Bertz CT molecular complexity index is 581. The van der Waals surface area contributed by atoms with E-state index in [0.717, 1.165) is 31.2 Å². The number of nitrogens with zero attached hydrogens (tertiary/aromatic N) is 4. The minimum atomic E-state index is 0.598. The Labute approximate surface area is 130 Å². The molecule has 0 unspecified atom stereocenters. The molecule has 2 aromatic heterocycles. The van der Waals surface area contributed by atoms with Gasteiger partial charge < -0.3 is 15.2 Å². The van der Waals surface area contributed by atoms with Crippen molar-refractivity contribution < 1.29 is 4.52 Å². The van der Waals surface area contributed by atoms with Crippen LogP contribution in [-0.2, 0) is 12.8 Å². The maximum Gasteiger partial charge on any atom is 0.228 e. The molecule has 0 saturated heterocycles. The normalized spacial score (nSPS) is 11.5. The highest BCUT2D eigenvalue weighted by Gasteiger charge is 2.02. The van der Waals surface area contributed by atoms with Gasteiger partial charge in [0.1, 0.15) is 0 Å². The van der Waals surface area contributed by atoms with Crippen molar-refractivity contribution in [2.75, 3.05) is 19.6 Å². The molecule has 2 heterocycles. The Morgan fingerprint density at radius 1 is 1.27 bits per heavy atom. The average molecular weight is 302 g/mol. The molecule has 7 nitrogen and oxygen atoms in total. The van der Waals surface area contributed by atoms with Crippen LogP contribution in [0, 0.1) is 6.92 Å². The molecule has 0 aliphatic heterocycles. The van der Waals surface area contributed by atoms with Crippen LogP contribution >= 0.6 is 0 Å². The minimum Gasteiger partial charge on any atom is -0.357 e. The second-order valence-corrected chi connectivity index (χ2v) is 4.74. The lowest BCUT2D eigenvalue weighted by molar-refractivity contribution is 0.376. The van der Waals surface area contributed by atoms with Crippen molar-refractivity contribution in [2.45, 2.75) is 26.7 Å². The third-order valence-electron chi connectivity index (χ3n) is 2.91. The molecule has 0 spiro atoms. The van der Waals surface area contributed by atoms with Gasteiger partial charge in [0.05, 0.1) is 6.54 Å². The van der Waals surface area contributed by atoms with Gasteiger partial charge in [0.2, 0.25) is 5.89 Å². The van der Waals surface area contributed by atoms with Crippen LogP contribution in [0.1, 0.15) is 24.3 Å². The van der Waals surface area contributed by atoms with Crippen LogP contribution in [0.2, 0.25) is 0 Å². The SMILES string of the molecule is CCNC(=NCCc1nc(C)no1)NCCc1ccccn1. The molecule has 0 saturated carbocycles. The Kier molecular flexibility index (Phi) is 6.35. The van der Waals surface area contributed by atoms with E-state index in [9.17, 15) is 0 Å². The van der Waals surface area contributed by atoms with E-state index in [4.69, 9.17) is 4.52 Å². The summed E-state index contributed by atoms with van der Waals surface area (Å²) in [6, 6.07) is 5.93. The molecule has 22 heavy (non-hydrogen) atoms. The average Bonchev–Trinajstić information content (AvgIpc) is 2.94. The van der Waals surface area contributed by atoms with E-state index in [1.807, 2.05) is 25.1 Å². The number of rotatable bonds is 7. The smallest absolute Gasteiger partial charge is 0.228 e. The Morgan fingerprint density at radius 3 is 2.86 bits per heavy atom. The van der Waals surface area contributed by atoms with E-state index in [0.29, 0.717) is 24.7 Å². The fraction of sp³-hybridized carbons (Fsp3) is 0.467. The third-order valence-corrected chi connectivity index (χ3v) is 2.91. The summed E-state index contributed by atoms with van der Waals surface area (Å²) in [5, 5.41) is 10.3. The molecule has 0 atom stereocenters. The fourth-order valence-corrected chi connectivity index (χ4v) is 1.90. The molecule has 0 aliphatic carbocycles. The third kappa shape index (κ3) is 5.51. The Hall–Kier alpha value is -2.44. The summed E-state index contributed by atoms with van der Waals surface area (Å²) < 4.78 is 5.07. The molecule has 0 bridgehead atoms. The Morgan fingerprint density at radius 2 is 2.18 bits per heavy atom. The number of aryl methyl sites for hydroxylation is 1. The van der Waals surface area contributed by atoms with Crippen LogP contribution in [0.25, 0.3) is 0 Å². The van der Waals surface area contributed by atoms with Crippen LogP contribution in [0.15, 0.2) is 33.9 Å². The molecule has 2 rings (SSSR count). The summed E-state index contributed by atoms with van der Waals surface area (Å²) in [7, 11) is 0. The van der Waals surface area contributed by atoms with Gasteiger partial charge in [-0.05, 0) is 26.0 Å². The fourth-order valence-electron chi connectivity index (χ4n) is 1.90. The lowest BCUT2D eigenvalue weighted by Gasteiger charge is -2.10. The van der Waals surface area contributed by atoms with Gasteiger partial charge in [0.15, 0.2) is 11.8 Å². The first-order valence-corrected chi connectivity index (χ1v) is 7.49. The van der Waals surface area contributed by atoms with E-state index in [-0.39, 0.29) is 0 Å². The highest BCUT2D eigenvalue weighted by atomic mass is 16.5. The zero-order valence-electron chi connectivity index (χ0n) is 13.0. The van der Waals surface area contributed by atoms with Gasteiger partial charge in [-0.15, -0.1) is 0 Å². The summed E-state index contributed by atoms with van der Waals surface area (Å²) in [5.41, 5.74) is 1.06. The highest BCUT2D eigenvalue weighted by molar-refractivity contribution is 5.79. The number of hydrogen-bond donors (Lipinski definition) is 2. The molecule has 0 radical (unpaired) electrons. The van der Waals surface area contributed by atoms with Crippen molar-refractivity contribution in [3.63, 3.8) is 0 Å². The van der Waals surface area contributed by atoms with Gasteiger partial charge >= 0.3 is 0 Å². The van der Waals surface area contributed by atoms with Gasteiger partial charge in [-0.2, -0.15) is 4.98 Å². The van der Waals surface area contributed by atoms with Gasteiger partial charge in [0.25, 0.3) is 0 Å². The number of nitrogens with one attached hydrogen (secondary N) is 2. The molecule has 7 heteroatoms. The van der Waals surface area contributed by atoms with E-state index in [1.165, 1.54) is 0 Å². The second kappa shape index (κ2) is 8.76. The quantitative estimate of drug-likeness (QED) is 0.588. The van der Waals surface area contributed by atoms with Gasteiger partial charge in [-0.1, -0.05) is 11.2 Å². The number of pyridine rings is 1. The standard InChI is InChI=1S/C15H22N6O/c1-3-16-15(18-10-7-13-6-4-5-9-17-13)19-11-8-14-20-12(2)21-22-14/h4-6,9H,3,7-8,10-11H2,1-2H3,(H2,16,18,19). The number of aliphatic imine (C=N–C) groups is 1. The van der Waals surface area contributed by atoms with Crippen LogP contribution in [0.5, 0.6) is 0 Å². The van der Waals surface area contributed by atoms with Crippen LogP contribution in [-0.4, -0.2) is 40.7 Å². The molecule has 0 amide bonds. The molecular formula is C15H22N6O. The topological polar surface area (TPSA) is 88.2 Å². The molecule has 0 aromatic carbocycles. The van der Waals surface area contributed by atoms with E-state index < -0.39 is 0 Å². The van der Waals surface area contributed by atoms with Gasteiger partial charge in [0, 0.05) is 37.8 Å². The zero-order valence-corrected chi connectivity index (χ0v) is 13.0. The number of aromatic nitrogens is 3. The van der Waals surface area contributed by atoms with E-state index in [1.54, 1.807) is 13.1 Å². The number of guanidine groups is 1. The van der Waals surface area contributed by atoms with Crippen LogP contribution in [0.3, 0.4) is 0 Å². The Balaban J connectivity index is 1.77. The zero-order chi connectivity index (χ0) is 15.6. The summed E-state index contributed by atoms with van der Waals surface area (Å²) >= 11 is 0. The monoisotopic (exact) mass is 302 g/mol. The van der Waals surface area contributed by atoms with Gasteiger partial charge in [-0.3, -0.25) is 9.98 Å². The van der Waals surface area contributed by atoms with Crippen molar-refractivity contribution in [1.82, 2.24) is 25.8 Å². The molecule has 118 valence electrons. The van der Waals surface area contributed by atoms with Crippen molar-refractivity contribution in [3.8, 4) is 0 Å². The van der Waals surface area contributed by atoms with Crippen LogP contribution < -0.4 is 10.6 Å². The summed E-state index contributed by atoms with van der Waals surface area (Å²) in [6.07, 6.45) is 3.30. The van der Waals surface area contributed by atoms with Crippen molar-refractivity contribution in [1.29, 1.82) is 0 Å². The first-order valence-electron chi connectivity index (χ1n) is 7.49. The predicted molar refractivity (Wildman–Crippen MR) is 84.7 cm³/mol. The van der Waals surface area contributed by atoms with Gasteiger partial charge in [-0.25, -0.2) is 0 Å². The maximum atomic E-state index is 5.07. The predicted octanol–water partition coefficient (Wildman–Crippen LogP) is 1.11. The molecule has 0 aliphatic rings. The van der Waals surface area contributed by atoms with Crippen LogP contribution in [0.4, 0.5) is 0 Å². The second-order valence-electron chi connectivity index (χ2n) is 4.74. The lowest BCUT2D eigenvalue weighted by Crippen LogP contribution is -2.38. The molecule has 0 fully saturated rings. The molecule has 2 N–H and O–H groups in total. The van der Waals surface area contributed by atoms with Crippen molar-refractivity contribution in [3.05, 3.63) is 41.8 Å². The first kappa shape index (κ1) is 15.9. The number of hydrogen-bond acceptors (Lipinski definition) is 5. The largest absolute Gasteiger partial charge is 0.357 e. The highest BCUT2D eigenvalue weighted by Crippen LogP contribution is 1.97. The van der Waals surface area contributed by atoms with Crippen molar-refractivity contribution in [2.24, 2.45) is 4.99 Å². The summed E-state index contributed by atoms with van der Waals surface area (Å²) in [6.45, 7) is 6.04.